The monoisotopic (exact) mass is 141 g/mol. The van der Waals surface area contributed by atoms with Crippen molar-refractivity contribution < 1.29 is 30.0 Å². The van der Waals surface area contributed by atoms with Crippen LogP contribution in [-0.2, 0) is 19.8 Å². The van der Waals surface area contributed by atoms with Crippen molar-refractivity contribution in [1.82, 2.24) is 0 Å². The molecule has 0 aliphatic rings. The van der Waals surface area contributed by atoms with Gasteiger partial charge in [0.05, 0.1) is 13.2 Å². The Morgan fingerprint density at radius 3 is 1.33 bits per heavy atom. The van der Waals surface area contributed by atoms with E-state index in [0.717, 1.165) is 0 Å². The minimum atomic E-state index is -0.125. The molecular weight excluding hydrogens is 136 g/mol. The van der Waals surface area contributed by atoms with Gasteiger partial charge in [0.1, 0.15) is 0 Å². The van der Waals surface area contributed by atoms with Crippen LogP contribution in [0.2, 0.25) is 0 Å². The van der Waals surface area contributed by atoms with Crippen LogP contribution in [0.3, 0.4) is 0 Å². The first-order valence-electron chi connectivity index (χ1n) is 1.26. The van der Waals surface area contributed by atoms with E-state index in [1.54, 1.807) is 0 Å². The molecule has 0 saturated carbocycles. The molecule has 0 aliphatic carbocycles. The fourth-order valence-electron chi connectivity index (χ4n) is 0. The number of aliphatic hydroxyl groups excluding tert-OH is 2. The van der Waals surface area contributed by atoms with Crippen molar-refractivity contribution in [3.8, 4) is 0 Å². The van der Waals surface area contributed by atoms with Crippen LogP contribution >= 0.6 is 0 Å². The average molecular weight is 142 g/mol. The van der Waals surface area contributed by atoms with E-state index < -0.39 is 0 Å². The summed E-state index contributed by atoms with van der Waals surface area (Å²) in [5.41, 5.74) is 0. The van der Waals surface area contributed by atoms with Gasteiger partial charge in [-0.2, -0.15) is 0 Å². The summed E-state index contributed by atoms with van der Waals surface area (Å²) in [7, 11) is 0. The second kappa shape index (κ2) is 18.8. The summed E-state index contributed by atoms with van der Waals surface area (Å²) in [5, 5.41) is 15.2. The molecule has 2 N–H and O–H groups in total. The fraction of sp³-hybridized carbons (Fsp3) is 1.00. The quantitative estimate of drug-likeness (QED) is 0.454. The van der Waals surface area contributed by atoms with Crippen LogP contribution in [0, 0.1) is 0 Å². The molecule has 0 heterocycles. The van der Waals surface area contributed by atoms with Gasteiger partial charge in [0, 0.05) is 0 Å². The van der Waals surface area contributed by atoms with Crippen molar-refractivity contribution in [3.63, 3.8) is 0 Å². The van der Waals surface area contributed by atoms with E-state index in [0.29, 0.717) is 0 Å². The molecule has 0 saturated heterocycles. The Morgan fingerprint density at radius 1 is 1.17 bits per heavy atom. The zero-order valence-electron chi connectivity index (χ0n) is 3.02. The topological polar surface area (TPSA) is 57.5 Å². The van der Waals surface area contributed by atoms with Crippen LogP contribution in [0.5, 0.6) is 0 Å². The third-order valence-corrected chi connectivity index (χ3v) is 0.1000. The van der Waals surface area contributed by atoms with Gasteiger partial charge in [0.15, 0.2) is 0 Å². The molecule has 0 radical (unpaired) electrons. The summed E-state index contributed by atoms with van der Waals surface area (Å²) in [6.07, 6.45) is 0. The molecule has 0 atom stereocenters. The van der Waals surface area contributed by atoms with Gasteiger partial charge in [0.2, 0.25) is 0 Å². The number of hydrogen-bond acceptors (Lipinski definition) is 3. The average Bonchev–Trinajstić information content (AvgIpc) is 1.72. The molecule has 0 aliphatic heterocycles. The first kappa shape index (κ1) is 9.53. The Kier molecular flexibility index (Phi) is 29.8. The molecule has 4 heteroatoms. The molecule has 3 nitrogen and oxygen atoms in total. The zero-order chi connectivity index (χ0) is 5.41. The van der Waals surface area contributed by atoms with Gasteiger partial charge >= 0.3 is 19.8 Å². The maximum absolute atomic E-state index is 7.81. The molecule has 0 unspecified atom stereocenters. The summed E-state index contributed by atoms with van der Waals surface area (Å²) >= 11 is 2.94. The second-order valence-electron chi connectivity index (χ2n) is 0.447. The molecule has 0 aromatic carbocycles. The van der Waals surface area contributed by atoms with Crippen molar-refractivity contribution in [2.45, 2.75) is 0 Å². The van der Waals surface area contributed by atoms with Gasteiger partial charge in [-0.3, -0.25) is 0 Å². The van der Waals surface area contributed by atoms with Crippen LogP contribution in [0.4, 0.5) is 0 Å². The second-order valence-corrected chi connectivity index (χ2v) is 0.447. The SMILES string of the molecule is OCCO.[O]=[Cu]. The zero-order valence-corrected chi connectivity index (χ0v) is 3.96. The fourth-order valence-corrected chi connectivity index (χ4v) is 0. The van der Waals surface area contributed by atoms with Gasteiger partial charge in [-0.1, -0.05) is 0 Å². The van der Waals surface area contributed by atoms with Crippen molar-refractivity contribution in [1.29, 1.82) is 0 Å². The summed E-state index contributed by atoms with van der Waals surface area (Å²) in [6, 6.07) is 0. The first-order chi connectivity index (χ1) is 2.91. The third kappa shape index (κ3) is 29.0. The van der Waals surface area contributed by atoms with Crippen LogP contribution in [0.1, 0.15) is 0 Å². The molecule has 0 fully saturated rings. The van der Waals surface area contributed by atoms with Crippen molar-refractivity contribution in [3.05, 3.63) is 0 Å². The van der Waals surface area contributed by atoms with Gasteiger partial charge in [-0.25, -0.2) is 0 Å². The molecule has 0 aromatic rings. The van der Waals surface area contributed by atoms with Gasteiger partial charge < -0.3 is 10.2 Å². The van der Waals surface area contributed by atoms with E-state index >= 15 is 0 Å². The molecule has 0 rings (SSSR count). The molecule has 43 valence electrons. The summed E-state index contributed by atoms with van der Waals surface area (Å²) < 4.78 is 7.81. The molecule has 0 aromatic heterocycles. The van der Waals surface area contributed by atoms with Crippen LogP contribution < -0.4 is 0 Å². The van der Waals surface area contributed by atoms with Gasteiger partial charge in [-0.05, 0) is 0 Å². The Balaban J connectivity index is 0. The number of aliphatic hydroxyl groups is 2. The van der Waals surface area contributed by atoms with E-state index in [2.05, 4.69) is 15.9 Å². The third-order valence-electron chi connectivity index (χ3n) is 0.1000. The van der Waals surface area contributed by atoms with E-state index in [1.807, 2.05) is 0 Å². The molecule has 0 spiro atoms. The maximum atomic E-state index is 7.81. The van der Waals surface area contributed by atoms with Crippen LogP contribution in [-0.4, -0.2) is 23.4 Å². The molecule has 0 amide bonds. The molecule has 0 bridgehead atoms. The predicted octanol–water partition coefficient (Wildman–Crippen LogP) is -1.15. The summed E-state index contributed by atoms with van der Waals surface area (Å²) in [6.45, 7) is -0.250. The number of rotatable bonds is 1. The summed E-state index contributed by atoms with van der Waals surface area (Å²) in [4.78, 5) is 0. The van der Waals surface area contributed by atoms with Crippen molar-refractivity contribution in [2.24, 2.45) is 0 Å². The normalized spacial score (nSPS) is 6.00. The molecule has 6 heavy (non-hydrogen) atoms. The van der Waals surface area contributed by atoms with Gasteiger partial charge in [0.25, 0.3) is 0 Å². The van der Waals surface area contributed by atoms with E-state index in [9.17, 15) is 0 Å². The minimum absolute atomic E-state index is 0.125. The Labute approximate surface area is 44.0 Å². The van der Waals surface area contributed by atoms with Gasteiger partial charge in [-0.15, -0.1) is 0 Å². The Hall–Kier alpha value is 0.239. The van der Waals surface area contributed by atoms with Crippen LogP contribution in [0.15, 0.2) is 0 Å². The Bertz CT molecular complexity index is 16.3. The predicted molar refractivity (Wildman–Crippen MR) is 14.9 cm³/mol. The Morgan fingerprint density at radius 2 is 1.33 bits per heavy atom. The van der Waals surface area contributed by atoms with E-state index in [1.165, 1.54) is 0 Å². The van der Waals surface area contributed by atoms with Crippen molar-refractivity contribution in [2.75, 3.05) is 13.2 Å². The standard InChI is InChI=1S/C2H6O2.Cu.O/c3-1-2-4;;/h3-4H,1-2H2;;. The van der Waals surface area contributed by atoms with Crippen molar-refractivity contribution >= 4 is 0 Å². The molecular formula is C2H6CuO3. The van der Waals surface area contributed by atoms with Crippen LogP contribution in [0.25, 0.3) is 0 Å². The van der Waals surface area contributed by atoms with E-state index in [4.69, 9.17) is 14.0 Å². The number of hydrogen-bond donors (Lipinski definition) is 2. The first-order valence-corrected chi connectivity index (χ1v) is 1.64. The summed E-state index contributed by atoms with van der Waals surface area (Å²) in [5.74, 6) is 0. The van der Waals surface area contributed by atoms with E-state index in [-0.39, 0.29) is 13.2 Å².